The Balaban J connectivity index is 2.54. The van der Waals surface area contributed by atoms with Crippen LogP contribution in [0.1, 0.15) is 25.8 Å². The number of nitrogens with two attached hydrogens (primary N) is 1. The van der Waals surface area contributed by atoms with E-state index in [4.69, 9.17) is 5.73 Å². The van der Waals surface area contributed by atoms with Crippen molar-refractivity contribution in [2.24, 2.45) is 11.7 Å². The fourth-order valence-corrected chi connectivity index (χ4v) is 2.15. The van der Waals surface area contributed by atoms with Crippen LogP contribution >= 0.6 is 12.6 Å². The lowest BCUT2D eigenvalue weighted by molar-refractivity contribution is -0.124. The first-order chi connectivity index (χ1) is 10.1. The van der Waals surface area contributed by atoms with Gasteiger partial charge in [0, 0.05) is 24.9 Å². The van der Waals surface area contributed by atoms with Crippen molar-refractivity contribution in [2.75, 3.05) is 12.3 Å². The Morgan fingerprint density at radius 3 is 2.57 bits per heavy atom. The summed E-state index contributed by atoms with van der Waals surface area (Å²) >= 11 is 4.17. The highest BCUT2D eigenvalue weighted by atomic mass is 32.1. The Hall–Kier alpha value is -1.04. The molecule has 1 unspecified atom stereocenters. The normalized spacial score (nSPS) is 15.2. The Morgan fingerprint density at radius 1 is 1.33 bits per heavy atom. The van der Waals surface area contributed by atoms with Crippen molar-refractivity contribution >= 4 is 18.5 Å². The largest absolute Gasteiger partial charge is 0.351 e. The minimum absolute atomic E-state index is 0.0274. The van der Waals surface area contributed by atoms with Crippen LogP contribution in [0.5, 0.6) is 0 Å². The van der Waals surface area contributed by atoms with Gasteiger partial charge in [-0.05, 0) is 11.5 Å². The van der Waals surface area contributed by atoms with Crippen LogP contribution in [0, 0.1) is 5.92 Å². The second kappa shape index (κ2) is 9.82. The molecular weight excluding hydrogens is 282 g/mol. The summed E-state index contributed by atoms with van der Waals surface area (Å²) in [6.45, 7) is 5.30. The van der Waals surface area contributed by atoms with E-state index < -0.39 is 0 Å². The molecule has 0 bridgehead atoms. The summed E-state index contributed by atoms with van der Waals surface area (Å²) in [6, 6.07) is 9.65. The zero-order chi connectivity index (χ0) is 15.7. The fourth-order valence-electron chi connectivity index (χ4n) is 2.03. The summed E-state index contributed by atoms with van der Waals surface area (Å²) in [5.41, 5.74) is 6.96. The lowest BCUT2D eigenvalue weighted by Crippen LogP contribution is -2.51. The summed E-state index contributed by atoms with van der Waals surface area (Å²) in [7, 11) is 0. The van der Waals surface area contributed by atoms with Crippen LogP contribution in [-0.4, -0.2) is 30.3 Å². The average Bonchev–Trinajstić information content (AvgIpc) is 2.53. The molecule has 0 saturated heterocycles. The lowest BCUT2D eigenvalue weighted by atomic mass is 9.98. The number of rotatable bonds is 9. The molecule has 3 atom stereocenters. The van der Waals surface area contributed by atoms with E-state index in [2.05, 4.69) is 37.1 Å². The molecule has 0 aliphatic heterocycles. The number of carbonyl (C=O) groups excluding carboxylic acids is 1. The maximum absolute atomic E-state index is 12.4. The highest BCUT2D eigenvalue weighted by molar-refractivity contribution is 7.80. The van der Waals surface area contributed by atoms with E-state index >= 15 is 0 Å². The number of amides is 1. The molecule has 0 heterocycles. The number of benzene rings is 1. The fraction of sp³-hybridized carbons (Fsp3) is 0.562. The number of carbonyl (C=O) groups is 1. The van der Waals surface area contributed by atoms with Crippen LogP contribution in [0.25, 0.3) is 0 Å². The van der Waals surface area contributed by atoms with Gasteiger partial charge in [0.1, 0.15) is 0 Å². The molecule has 21 heavy (non-hydrogen) atoms. The minimum atomic E-state index is -0.218. The van der Waals surface area contributed by atoms with Crippen LogP contribution in [0.4, 0.5) is 0 Å². The molecule has 5 heteroatoms. The molecule has 0 aromatic heterocycles. The highest BCUT2D eigenvalue weighted by Crippen LogP contribution is 2.08. The Bertz CT molecular complexity index is 413. The zero-order valence-electron chi connectivity index (χ0n) is 12.9. The van der Waals surface area contributed by atoms with E-state index in [-0.39, 0.29) is 23.9 Å². The molecule has 1 amide bonds. The molecule has 0 saturated carbocycles. The maximum atomic E-state index is 12.4. The van der Waals surface area contributed by atoms with Gasteiger partial charge in [0.15, 0.2) is 0 Å². The van der Waals surface area contributed by atoms with Crippen LogP contribution in [0.2, 0.25) is 0 Å². The minimum Gasteiger partial charge on any atom is -0.351 e. The van der Waals surface area contributed by atoms with Crippen molar-refractivity contribution in [3.63, 3.8) is 0 Å². The summed E-state index contributed by atoms with van der Waals surface area (Å²) < 4.78 is 0. The van der Waals surface area contributed by atoms with Crippen molar-refractivity contribution in [1.29, 1.82) is 0 Å². The van der Waals surface area contributed by atoms with Crippen molar-refractivity contribution < 1.29 is 4.79 Å². The van der Waals surface area contributed by atoms with Crippen molar-refractivity contribution in [3.8, 4) is 0 Å². The van der Waals surface area contributed by atoms with Crippen LogP contribution < -0.4 is 16.4 Å². The van der Waals surface area contributed by atoms with Crippen LogP contribution in [-0.2, 0) is 11.3 Å². The molecule has 1 aromatic carbocycles. The van der Waals surface area contributed by atoms with E-state index in [0.29, 0.717) is 18.8 Å². The Labute approximate surface area is 133 Å². The van der Waals surface area contributed by atoms with Crippen LogP contribution in [0.15, 0.2) is 30.3 Å². The highest BCUT2D eigenvalue weighted by Gasteiger charge is 2.23. The monoisotopic (exact) mass is 309 g/mol. The predicted molar refractivity (Wildman–Crippen MR) is 91.4 cm³/mol. The number of hydrogen-bond acceptors (Lipinski definition) is 4. The first-order valence-corrected chi connectivity index (χ1v) is 8.13. The van der Waals surface area contributed by atoms with E-state index in [9.17, 15) is 4.79 Å². The molecule has 0 spiro atoms. The lowest BCUT2D eigenvalue weighted by Gasteiger charge is -2.25. The first-order valence-electron chi connectivity index (χ1n) is 7.49. The Kier molecular flexibility index (Phi) is 8.42. The second-order valence-electron chi connectivity index (χ2n) is 5.42. The van der Waals surface area contributed by atoms with Gasteiger partial charge in [-0.3, -0.25) is 4.79 Å². The molecule has 0 fully saturated rings. The van der Waals surface area contributed by atoms with Gasteiger partial charge in [-0.25, -0.2) is 0 Å². The van der Waals surface area contributed by atoms with Crippen molar-refractivity contribution in [2.45, 2.75) is 38.9 Å². The van der Waals surface area contributed by atoms with E-state index in [1.54, 1.807) is 0 Å². The van der Waals surface area contributed by atoms with Gasteiger partial charge in [0.2, 0.25) is 5.91 Å². The van der Waals surface area contributed by atoms with Crippen LogP contribution in [0.3, 0.4) is 0 Å². The molecule has 0 radical (unpaired) electrons. The number of nitrogens with one attached hydrogen (secondary N) is 2. The standard InChI is InChI=1S/C16H27N3OS/c1-3-12(2)15(18-10-14(17)11-21)16(20)19-9-13-7-5-4-6-8-13/h4-8,12,14-15,18,21H,3,9-11,17H2,1-2H3,(H,19,20)/t12-,14?,15+/m0/s1. The number of hydrogen-bond donors (Lipinski definition) is 4. The third-order valence-corrected chi connectivity index (χ3v) is 4.11. The topological polar surface area (TPSA) is 67.1 Å². The molecule has 0 aliphatic rings. The van der Waals surface area contributed by atoms with E-state index in [1.165, 1.54) is 0 Å². The molecule has 4 nitrogen and oxygen atoms in total. The Morgan fingerprint density at radius 2 is 2.00 bits per heavy atom. The molecule has 1 aromatic rings. The molecule has 4 N–H and O–H groups in total. The average molecular weight is 309 g/mol. The van der Waals surface area contributed by atoms with Gasteiger partial charge in [-0.2, -0.15) is 12.6 Å². The van der Waals surface area contributed by atoms with E-state index in [1.807, 2.05) is 30.3 Å². The van der Waals surface area contributed by atoms with Gasteiger partial charge in [0.05, 0.1) is 6.04 Å². The molecular formula is C16H27N3OS. The summed E-state index contributed by atoms with van der Waals surface area (Å²) in [4.78, 5) is 12.4. The van der Waals surface area contributed by atoms with Gasteiger partial charge in [0.25, 0.3) is 0 Å². The summed E-state index contributed by atoms with van der Waals surface area (Å²) in [5.74, 6) is 0.888. The molecule has 1 rings (SSSR count). The summed E-state index contributed by atoms with van der Waals surface area (Å²) in [6.07, 6.45) is 0.937. The van der Waals surface area contributed by atoms with Crippen molar-refractivity contribution in [1.82, 2.24) is 10.6 Å². The second-order valence-corrected chi connectivity index (χ2v) is 5.78. The van der Waals surface area contributed by atoms with E-state index in [0.717, 1.165) is 12.0 Å². The molecule has 118 valence electrons. The SMILES string of the molecule is CC[C@H](C)[C@@H](NCC(N)CS)C(=O)NCc1ccccc1. The molecule has 0 aliphatic carbocycles. The maximum Gasteiger partial charge on any atom is 0.237 e. The summed E-state index contributed by atoms with van der Waals surface area (Å²) in [5, 5.41) is 6.27. The first kappa shape index (κ1) is 18.0. The van der Waals surface area contributed by atoms with Gasteiger partial charge in [-0.15, -0.1) is 0 Å². The quantitative estimate of drug-likeness (QED) is 0.523. The zero-order valence-corrected chi connectivity index (χ0v) is 13.8. The number of thiol groups is 1. The third kappa shape index (κ3) is 6.50. The smallest absolute Gasteiger partial charge is 0.237 e. The third-order valence-electron chi connectivity index (χ3n) is 3.64. The van der Waals surface area contributed by atoms with Gasteiger partial charge in [-0.1, -0.05) is 50.6 Å². The van der Waals surface area contributed by atoms with Gasteiger partial charge >= 0.3 is 0 Å². The predicted octanol–water partition coefficient (Wildman–Crippen LogP) is 1.56. The van der Waals surface area contributed by atoms with Crippen molar-refractivity contribution in [3.05, 3.63) is 35.9 Å². The van der Waals surface area contributed by atoms with Gasteiger partial charge < -0.3 is 16.4 Å².